The first-order valence-corrected chi connectivity index (χ1v) is 14.5. The molecule has 44 heavy (non-hydrogen) atoms. The Morgan fingerprint density at radius 1 is 0.727 bits per heavy atom. The SMILES string of the molecule is COc1cccc(NC(=O)C(C)Sc2cccc(NC(=O)/C(=C\c3ccc(OC)cc3OC)NC(=O)c3ccccc3)c2)c1. The molecule has 4 aromatic rings. The molecule has 0 radical (unpaired) electrons. The second-order valence-corrected chi connectivity index (χ2v) is 10.9. The van der Waals surface area contributed by atoms with Gasteiger partial charge >= 0.3 is 0 Å². The number of thioether (sulfide) groups is 1. The third kappa shape index (κ3) is 8.65. The first kappa shape index (κ1) is 31.7. The Morgan fingerprint density at radius 2 is 1.41 bits per heavy atom. The highest BCUT2D eigenvalue weighted by Crippen LogP contribution is 2.29. The van der Waals surface area contributed by atoms with Crippen molar-refractivity contribution in [3.63, 3.8) is 0 Å². The zero-order valence-electron chi connectivity index (χ0n) is 24.8. The molecule has 0 aliphatic heterocycles. The smallest absolute Gasteiger partial charge is 0.272 e. The molecule has 4 aromatic carbocycles. The molecule has 0 aromatic heterocycles. The molecule has 9 nitrogen and oxygen atoms in total. The van der Waals surface area contributed by atoms with Crippen LogP contribution in [0.5, 0.6) is 17.2 Å². The van der Waals surface area contributed by atoms with E-state index in [4.69, 9.17) is 14.2 Å². The monoisotopic (exact) mass is 611 g/mol. The lowest BCUT2D eigenvalue weighted by Crippen LogP contribution is -2.30. The van der Waals surface area contributed by atoms with Gasteiger partial charge in [0.05, 0.1) is 26.6 Å². The molecule has 0 spiro atoms. The van der Waals surface area contributed by atoms with Gasteiger partial charge in [0.15, 0.2) is 0 Å². The molecule has 0 bridgehead atoms. The molecular weight excluding hydrogens is 578 g/mol. The summed E-state index contributed by atoms with van der Waals surface area (Å²) in [6.07, 6.45) is 1.54. The average molecular weight is 612 g/mol. The summed E-state index contributed by atoms with van der Waals surface area (Å²) in [7, 11) is 4.62. The van der Waals surface area contributed by atoms with Gasteiger partial charge in [-0.2, -0.15) is 0 Å². The Kier molecular flexibility index (Phi) is 11.0. The van der Waals surface area contributed by atoms with Crippen LogP contribution in [0.1, 0.15) is 22.8 Å². The van der Waals surface area contributed by atoms with E-state index < -0.39 is 17.1 Å². The molecule has 0 aliphatic rings. The van der Waals surface area contributed by atoms with Gasteiger partial charge in [-0.1, -0.05) is 30.3 Å². The summed E-state index contributed by atoms with van der Waals surface area (Å²) in [6, 6.07) is 28.0. The maximum atomic E-state index is 13.6. The van der Waals surface area contributed by atoms with Crippen LogP contribution in [0.25, 0.3) is 6.08 Å². The van der Waals surface area contributed by atoms with Gasteiger partial charge in [-0.15, -0.1) is 11.8 Å². The molecule has 0 heterocycles. The Morgan fingerprint density at radius 3 is 2.11 bits per heavy atom. The third-order valence-electron chi connectivity index (χ3n) is 6.38. The van der Waals surface area contributed by atoms with Crippen molar-refractivity contribution in [1.29, 1.82) is 0 Å². The quantitative estimate of drug-likeness (QED) is 0.128. The maximum absolute atomic E-state index is 13.6. The van der Waals surface area contributed by atoms with Gasteiger partial charge in [0.1, 0.15) is 22.9 Å². The highest BCUT2D eigenvalue weighted by atomic mass is 32.2. The number of benzene rings is 4. The predicted molar refractivity (Wildman–Crippen MR) is 173 cm³/mol. The van der Waals surface area contributed by atoms with Crippen LogP contribution in [0.3, 0.4) is 0 Å². The topological polar surface area (TPSA) is 115 Å². The van der Waals surface area contributed by atoms with Gasteiger partial charge in [-0.25, -0.2) is 0 Å². The van der Waals surface area contributed by atoms with Crippen LogP contribution in [-0.2, 0) is 9.59 Å². The van der Waals surface area contributed by atoms with Crippen LogP contribution in [0.4, 0.5) is 11.4 Å². The van der Waals surface area contributed by atoms with Crippen molar-refractivity contribution < 1.29 is 28.6 Å². The molecular formula is C34H33N3O6S. The van der Waals surface area contributed by atoms with Gasteiger partial charge in [-0.3, -0.25) is 14.4 Å². The van der Waals surface area contributed by atoms with E-state index in [1.165, 1.54) is 24.9 Å². The van der Waals surface area contributed by atoms with E-state index in [1.54, 1.807) is 112 Å². The van der Waals surface area contributed by atoms with Gasteiger partial charge in [-0.05, 0) is 67.6 Å². The van der Waals surface area contributed by atoms with Gasteiger partial charge in [0.2, 0.25) is 5.91 Å². The number of methoxy groups -OCH3 is 3. The molecule has 3 N–H and O–H groups in total. The van der Waals surface area contributed by atoms with Crippen LogP contribution in [0.15, 0.2) is 108 Å². The number of hydrogen-bond donors (Lipinski definition) is 3. The summed E-state index contributed by atoms with van der Waals surface area (Å²) in [5, 5.41) is 8.05. The summed E-state index contributed by atoms with van der Waals surface area (Å²) in [6.45, 7) is 1.80. The zero-order chi connectivity index (χ0) is 31.5. The summed E-state index contributed by atoms with van der Waals surface area (Å²) in [5.41, 5.74) is 2.08. The fraction of sp³-hybridized carbons (Fsp3) is 0.147. The molecule has 4 rings (SSSR count). The molecule has 1 atom stereocenters. The number of ether oxygens (including phenoxy) is 3. The van der Waals surface area contributed by atoms with Gasteiger partial charge < -0.3 is 30.2 Å². The minimum atomic E-state index is -0.543. The molecule has 10 heteroatoms. The number of anilines is 2. The predicted octanol–water partition coefficient (Wildman–Crippen LogP) is 6.24. The van der Waals surface area contributed by atoms with Crippen molar-refractivity contribution in [3.05, 3.63) is 114 Å². The van der Waals surface area contributed by atoms with E-state index in [-0.39, 0.29) is 11.6 Å². The molecule has 226 valence electrons. The van der Waals surface area contributed by atoms with Crippen LogP contribution >= 0.6 is 11.8 Å². The lowest BCUT2D eigenvalue weighted by molar-refractivity contribution is -0.115. The molecule has 0 aliphatic carbocycles. The van der Waals surface area contributed by atoms with E-state index in [0.29, 0.717) is 39.8 Å². The van der Waals surface area contributed by atoms with E-state index >= 15 is 0 Å². The number of rotatable bonds is 12. The number of carbonyl (C=O) groups excluding carboxylic acids is 3. The summed E-state index contributed by atoms with van der Waals surface area (Å²) < 4.78 is 16.0. The Labute approximate surface area is 260 Å². The van der Waals surface area contributed by atoms with Crippen LogP contribution in [-0.4, -0.2) is 44.3 Å². The van der Waals surface area contributed by atoms with Crippen molar-refractivity contribution in [2.75, 3.05) is 32.0 Å². The first-order chi connectivity index (χ1) is 21.3. The second kappa shape index (κ2) is 15.3. The summed E-state index contributed by atoms with van der Waals surface area (Å²) >= 11 is 1.34. The third-order valence-corrected chi connectivity index (χ3v) is 7.47. The van der Waals surface area contributed by atoms with Gasteiger partial charge in [0.25, 0.3) is 11.8 Å². The van der Waals surface area contributed by atoms with Crippen LogP contribution in [0.2, 0.25) is 0 Å². The van der Waals surface area contributed by atoms with Crippen LogP contribution in [0, 0.1) is 0 Å². The Bertz CT molecular complexity index is 1660. The van der Waals surface area contributed by atoms with Crippen molar-refractivity contribution >= 4 is 46.9 Å². The second-order valence-electron chi connectivity index (χ2n) is 9.45. The van der Waals surface area contributed by atoms with Gasteiger partial charge in [0, 0.05) is 39.5 Å². The molecule has 0 saturated heterocycles. The highest BCUT2D eigenvalue weighted by molar-refractivity contribution is 8.00. The molecule has 1 unspecified atom stereocenters. The van der Waals surface area contributed by atoms with E-state index in [0.717, 1.165) is 4.90 Å². The molecule has 0 fully saturated rings. The van der Waals surface area contributed by atoms with Crippen molar-refractivity contribution in [3.8, 4) is 17.2 Å². The highest BCUT2D eigenvalue weighted by Gasteiger charge is 2.18. The maximum Gasteiger partial charge on any atom is 0.272 e. The Hall–Kier alpha value is -5.22. The molecule has 3 amide bonds. The minimum Gasteiger partial charge on any atom is -0.497 e. The fourth-order valence-electron chi connectivity index (χ4n) is 4.08. The standard InChI is InChI=1S/C34H33N3O6S/c1-22(32(38)35-25-12-8-14-27(19-25)41-2)44-29-15-9-13-26(20-29)36-34(40)30(37-33(39)23-10-6-5-7-11-23)18-24-16-17-28(42-3)21-31(24)43-4/h5-22H,1-4H3,(H,35,38)(H,36,40)(H,37,39)/b30-18+. The number of carbonyl (C=O) groups is 3. The van der Waals surface area contributed by atoms with E-state index in [1.807, 2.05) is 6.07 Å². The van der Waals surface area contributed by atoms with E-state index in [2.05, 4.69) is 16.0 Å². The lowest BCUT2D eigenvalue weighted by atomic mass is 10.1. The van der Waals surface area contributed by atoms with Crippen molar-refractivity contribution in [2.45, 2.75) is 17.1 Å². The fourth-order valence-corrected chi connectivity index (χ4v) is 5.01. The minimum absolute atomic E-state index is 0.00594. The Balaban J connectivity index is 1.52. The summed E-state index contributed by atoms with van der Waals surface area (Å²) in [5.74, 6) is 0.519. The first-order valence-electron chi connectivity index (χ1n) is 13.6. The normalized spacial score (nSPS) is 11.6. The number of nitrogens with one attached hydrogen (secondary N) is 3. The molecule has 0 saturated carbocycles. The zero-order valence-corrected chi connectivity index (χ0v) is 25.6. The largest absolute Gasteiger partial charge is 0.497 e. The van der Waals surface area contributed by atoms with Crippen molar-refractivity contribution in [1.82, 2.24) is 5.32 Å². The van der Waals surface area contributed by atoms with Crippen molar-refractivity contribution in [2.24, 2.45) is 0 Å². The summed E-state index contributed by atoms with van der Waals surface area (Å²) in [4.78, 5) is 40.2. The number of hydrogen-bond acceptors (Lipinski definition) is 7. The average Bonchev–Trinajstić information content (AvgIpc) is 3.05. The lowest BCUT2D eigenvalue weighted by Gasteiger charge is -2.15. The van der Waals surface area contributed by atoms with E-state index in [9.17, 15) is 14.4 Å². The van der Waals surface area contributed by atoms with Crippen LogP contribution < -0.4 is 30.2 Å². The number of amides is 3.